The van der Waals surface area contributed by atoms with Crippen LogP contribution in [0, 0.1) is 5.92 Å². The molecule has 1 saturated carbocycles. The molecule has 104 valence electrons. The SMILES string of the molecule is O=C1NN=C(C2CC2c2ccccc2)/C1=C\c1ccc[nH]1. The van der Waals surface area contributed by atoms with Gasteiger partial charge in [0, 0.05) is 17.8 Å². The van der Waals surface area contributed by atoms with Crippen molar-refractivity contribution in [3.05, 3.63) is 65.5 Å². The van der Waals surface area contributed by atoms with Crippen LogP contribution in [0.1, 0.15) is 23.6 Å². The van der Waals surface area contributed by atoms with Crippen LogP contribution in [0.4, 0.5) is 0 Å². The molecule has 2 N–H and O–H groups in total. The van der Waals surface area contributed by atoms with E-state index in [0.29, 0.717) is 17.4 Å². The Balaban J connectivity index is 1.60. The standard InChI is InChI=1S/C17H15N3O/c21-17-15(9-12-7-4-8-18-12)16(19-20-17)14-10-13(14)11-5-2-1-3-6-11/h1-9,13-14,18H,10H2,(H,20,21)/b15-9+. The van der Waals surface area contributed by atoms with E-state index in [1.54, 1.807) is 0 Å². The summed E-state index contributed by atoms with van der Waals surface area (Å²) in [4.78, 5) is 15.1. The van der Waals surface area contributed by atoms with Crippen molar-refractivity contribution in [2.45, 2.75) is 12.3 Å². The molecule has 0 bridgehead atoms. The van der Waals surface area contributed by atoms with Gasteiger partial charge in [-0.25, -0.2) is 5.43 Å². The molecular weight excluding hydrogens is 262 g/mol. The van der Waals surface area contributed by atoms with Crippen molar-refractivity contribution in [1.82, 2.24) is 10.4 Å². The first-order chi connectivity index (χ1) is 10.3. The third-order valence-corrected chi connectivity index (χ3v) is 4.09. The van der Waals surface area contributed by atoms with Crippen molar-refractivity contribution in [2.24, 2.45) is 11.0 Å². The van der Waals surface area contributed by atoms with Crippen molar-refractivity contribution < 1.29 is 4.79 Å². The Hall–Kier alpha value is -2.62. The summed E-state index contributed by atoms with van der Waals surface area (Å²) in [6.45, 7) is 0. The smallest absolute Gasteiger partial charge is 0.273 e. The molecule has 2 atom stereocenters. The fourth-order valence-corrected chi connectivity index (χ4v) is 2.93. The third kappa shape index (κ3) is 2.18. The zero-order valence-electron chi connectivity index (χ0n) is 11.4. The molecule has 2 aliphatic rings. The number of hydrogen-bond donors (Lipinski definition) is 2. The van der Waals surface area contributed by atoms with Crippen LogP contribution in [0.25, 0.3) is 6.08 Å². The lowest BCUT2D eigenvalue weighted by Gasteiger charge is -2.01. The number of nitrogens with one attached hydrogen (secondary N) is 2. The molecule has 2 heterocycles. The van der Waals surface area contributed by atoms with E-state index < -0.39 is 0 Å². The maximum atomic E-state index is 12.0. The van der Waals surface area contributed by atoms with E-state index in [9.17, 15) is 4.79 Å². The topological polar surface area (TPSA) is 57.2 Å². The van der Waals surface area contributed by atoms with Crippen molar-refractivity contribution >= 4 is 17.7 Å². The van der Waals surface area contributed by atoms with E-state index in [1.165, 1.54) is 5.56 Å². The summed E-state index contributed by atoms with van der Waals surface area (Å²) in [6, 6.07) is 14.3. The summed E-state index contributed by atoms with van der Waals surface area (Å²) in [5.41, 5.74) is 6.41. The van der Waals surface area contributed by atoms with Gasteiger partial charge in [0.15, 0.2) is 0 Å². The van der Waals surface area contributed by atoms with Gasteiger partial charge in [-0.2, -0.15) is 5.10 Å². The average molecular weight is 277 g/mol. The summed E-state index contributed by atoms with van der Waals surface area (Å²) in [7, 11) is 0. The third-order valence-electron chi connectivity index (χ3n) is 4.09. The van der Waals surface area contributed by atoms with Gasteiger partial charge in [-0.3, -0.25) is 4.79 Å². The second-order valence-electron chi connectivity index (χ2n) is 5.48. The lowest BCUT2D eigenvalue weighted by atomic mass is 10.0. The number of amides is 1. The molecule has 21 heavy (non-hydrogen) atoms. The first-order valence-corrected chi connectivity index (χ1v) is 7.11. The second kappa shape index (κ2) is 4.74. The van der Waals surface area contributed by atoms with Crippen LogP contribution in [-0.2, 0) is 4.79 Å². The Kier molecular flexibility index (Phi) is 2.74. The number of hydrazone groups is 1. The Morgan fingerprint density at radius 1 is 1.10 bits per heavy atom. The number of carbonyl (C=O) groups excluding carboxylic acids is 1. The summed E-state index contributed by atoms with van der Waals surface area (Å²) >= 11 is 0. The number of hydrogen-bond acceptors (Lipinski definition) is 2. The van der Waals surface area contributed by atoms with Crippen molar-refractivity contribution in [3.63, 3.8) is 0 Å². The first-order valence-electron chi connectivity index (χ1n) is 7.11. The molecule has 1 fully saturated rings. The van der Waals surface area contributed by atoms with Crippen LogP contribution in [0.5, 0.6) is 0 Å². The first kappa shape index (κ1) is 12.1. The average Bonchev–Trinajstić information content (AvgIpc) is 2.97. The van der Waals surface area contributed by atoms with E-state index in [1.807, 2.05) is 30.5 Å². The number of aromatic amines is 1. The highest BCUT2D eigenvalue weighted by Crippen LogP contribution is 2.50. The fraction of sp³-hybridized carbons (Fsp3) is 0.176. The lowest BCUT2D eigenvalue weighted by molar-refractivity contribution is -0.116. The highest BCUT2D eigenvalue weighted by Gasteiger charge is 2.45. The number of nitrogens with zero attached hydrogens (tertiary/aromatic N) is 1. The van der Waals surface area contributed by atoms with Gasteiger partial charge >= 0.3 is 0 Å². The fourth-order valence-electron chi connectivity index (χ4n) is 2.93. The van der Waals surface area contributed by atoms with Gasteiger partial charge in [0.2, 0.25) is 0 Å². The largest absolute Gasteiger partial charge is 0.362 e. The predicted octanol–water partition coefficient (Wildman–Crippen LogP) is 2.69. The number of carbonyl (C=O) groups is 1. The monoisotopic (exact) mass is 277 g/mol. The van der Waals surface area contributed by atoms with Crippen molar-refractivity contribution in [2.75, 3.05) is 0 Å². The number of H-pyrrole nitrogens is 1. The number of rotatable bonds is 3. The minimum absolute atomic E-state index is 0.113. The van der Waals surface area contributed by atoms with E-state index >= 15 is 0 Å². The molecule has 1 aliphatic heterocycles. The Labute approximate surface area is 122 Å². The van der Waals surface area contributed by atoms with Gasteiger partial charge in [-0.1, -0.05) is 30.3 Å². The molecule has 0 radical (unpaired) electrons. The Morgan fingerprint density at radius 2 is 1.95 bits per heavy atom. The number of benzene rings is 1. The molecular formula is C17H15N3O. The molecule has 0 spiro atoms. The molecule has 1 aliphatic carbocycles. The van der Waals surface area contributed by atoms with E-state index in [4.69, 9.17) is 0 Å². The molecule has 4 heteroatoms. The zero-order chi connectivity index (χ0) is 14.2. The normalized spacial score (nSPS) is 25.8. The quantitative estimate of drug-likeness (QED) is 0.833. The summed E-state index contributed by atoms with van der Waals surface area (Å²) in [6.07, 6.45) is 4.78. The molecule has 2 unspecified atom stereocenters. The zero-order valence-corrected chi connectivity index (χ0v) is 11.4. The maximum Gasteiger partial charge on any atom is 0.273 e. The predicted molar refractivity (Wildman–Crippen MR) is 81.6 cm³/mol. The summed E-state index contributed by atoms with van der Waals surface area (Å²) < 4.78 is 0. The van der Waals surface area contributed by atoms with Crippen molar-refractivity contribution in [3.8, 4) is 0 Å². The van der Waals surface area contributed by atoms with Crippen LogP contribution in [0.2, 0.25) is 0 Å². The number of aromatic nitrogens is 1. The van der Waals surface area contributed by atoms with Crippen molar-refractivity contribution in [1.29, 1.82) is 0 Å². The van der Waals surface area contributed by atoms with Crippen LogP contribution in [0.3, 0.4) is 0 Å². The molecule has 1 aromatic heterocycles. The van der Waals surface area contributed by atoms with E-state index in [0.717, 1.165) is 17.8 Å². The van der Waals surface area contributed by atoms with Crippen LogP contribution in [0.15, 0.2) is 59.3 Å². The molecule has 2 aromatic rings. The molecule has 1 aromatic carbocycles. The Bertz CT molecular complexity index is 729. The second-order valence-corrected chi connectivity index (χ2v) is 5.48. The van der Waals surface area contributed by atoms with Crippen LogP contribution < -0.4 is 5.43 Å². The minimum Gasteiger partial charge on any atom is -0.362 e. The van der Waals surface area contributed by atoms with E-state index in [2.05, 4.69) is 39.8 Å². The van der Waals surface area contributed by atoms with Gasteiger partial charge in [0.1, 0.15) is 0 Å². The lowest BCUT2D eigenvalue weighted by Crippen LogP contribution is -2.14. The van der Waals surface area contributed by atoms with Gasteiger partial charge in [0.25, 0.3) is 5.91 Å². The highest BCUT2D eigenvalue weighted by atomic mass is 16.2. The van der Waals surface area contributed by atoms with Gasteiger partial charge in [0.05, 0.1) is 11.3 Å². The van der Waals surface area contributed by atoms with Crippen LogP contribution >= 0.6 is 0 Å². The van der Waals surface area contributed by atoms with Gasteiger partial charge < -0.3 is 4.98 Å². The summed E-state index contributed by atoms with van der Waals surface area (Å²) in [5, 5.41) is 4.25. The molecule has 4 nitrogen and oxygen atoms in total. The highest BCUT2D eigenvalue weighted by molar-refractivity contribution is 6.28. The molecule has 4 rings (SSSR count). The summed E-state index contributed by atoms with van der Waals surface area (Å²) in [5.74, 6) is 0.704. The van der Waals surface area contributed by atoms with Crippen LogP contribution in [-0.4, -0.2) is 16.6 Å². The Morgan fingerprint density at radius 3 is 2.71 bits per heavy atom. The minimum atomic E-state index is -0.113. The van der Waals surface area contributed by atoms with Gasteiger partial charge in [-0.05, 0) is 36.1 Å². The van der Waals surface area contributed by atoms with E-state index in [-0.39, 0.29) is 5.91 Å². The molecule has 1 amide bonds. The molecule has 0 saturated heterocycles. The van der Waals surface area contributed by atoms with Gasteiger partial charge in [-0.15, -0.1) is 0 Å². The maximum absolute atomic E-state index is 12.0.